The molecule has 0 saturated heterocycles. The van der Waals surface area contributed by atoms with E-state index in [4.69, 9.17) is 21.1 Å². The van der Waals surface area contributed by atoms with E-state index in [1.54, 1.807) is 17.0 Å². The first-order chi connectivity index (χ1) is 12.0. The molecule has 0 spiro atoms. The Balaban J connectivity index is 2.40. The second-order valence-corrected chi connectivity index (χ2v) is 6.63. The number of rotatable bonds is 8. The van der Waals surface area contributed by atoms with Gasteiger partial charge in [-0.1, -0.05) is 37.2 Å². The zero-order valence-electron chi connectivity index (χ0n) is 15.1. The summed E-state index contributed by atoms with van der Waals surface area (Å²) in [5.41, 5.74) is 0.812. The van der Waals surface area contributed by atoms with Crippen LogP contribution in [0.3, 0.4) is 0 Å². The molecule has 0 aliphatic carbocycles. The minimum atomic E-state index is 0.216. The number of ether oxygens (including phenoxy) is 2. The molecule has 1 aromatic heterocycles. The van der Waals surface area contributed by atoms with Gasteiger partial charge in [0, 0.05) is 5.92 Å². The van der Waals surface area contributed by atoms with E-state index in [1.165, 1.54) is 11.8 Å². The summed E-state index contributed by atoms with van der Waals surface area (Å²) in [6.45, 7) is 8.98. The van der Waals surface area contributed by atoms with E-state index in [2.05, 4.69) is 29.1 Å². The second-order valence-electron chi connectivity index (χ2n) is 5.45. The van der Waals surface area contributed by atoms with Gasteiger partial charge < -0.3 is 9.47 Å². The van der Waals surface area contributed by atoms with E-state index in [0.29, 0.717) is 29.7 Å². The first kappa shape index (κ1) is 19.6. The molecule has 136 valence electrons. The van der Waals surface area contributed by atoms with Crippen LogP contribution in [0, 0.1) is 0 Å². The predicted octanol–water partition coefficient (Wildman–Crippen LogP) is 4.46. The van der Waals surface area contributed by atoms with Crippen LogP contribution in [-0.4, -0.2) is 40.6 Å². The van der Waals surface area contributed by atoms with Crippen LogP contribution in [0.15, 0.2) is 22.4 Å². The molecule has 1 aromatic carbocycles. The lowest BCUT2D eigenvalue weighted by Gasteiger charge is -2.13. The van der Waals surface area contributed by atoms with Crippen LogP contribution in [0.5, 0.6) is 11.5 Å². The SMILES string of the molecule is CCOc1cc(/C=N\n2c(SC)nnc2C(C)C)cc(Cl)c1OCC. The first-order valence-electron chi connectivity index (χ1n) is 8.14. The number of aromatic nitrogens is 3. The number of benzene rings is 1. The molecule has 8 heteroatoms. The Morgan fingerprint density at radius 1 is 1.24 bits per heavy atom. The number of halogens is 1. The Morgan fingerprint density at radius 2 is 1.96 bits per heavy atom. The fourth-order valence-electron chi connectivity index (χ4n) is 2.21. The van der Waals surface area contributed by atoms with Crippen molar-refractivity contribution in [2.24, 2.45) is 5.10 Å². The van der Waals surface area contributed by atoms with E-state index < -0.39 is 0 Å². The minimum Gasteiger partial charge on any atom is -0.490 e. The van der Waals surface area contributed by atoms with E-state index in [0.717, 1.165) is 16.5 Å². The van der Waals surface area contributed by atoms with Crippen molar-refractivity contribution in [3.8, 4) is 11.5 Å². The molecule has 2 rings (SSSR count). The topological polar surface area (TPSA) is 61.5 Å². The van der Waals surface area contributed by atoms with Gasteiger partial charge in [0.05, 0.1) is 24.5 Å². The third kappa shape index (κ3) is 4.67. The molecule has 6 nitrogen and oxygen atoms in total. The molecule has 1 heterocycles. The van der Waals surface area contributed by atoms with Gasteiger partial charge in [0.2, 0.25) is 5.16 Å². The molecule has 0 bridgehead atoms. The lowest BCUT2D eigenvalue weighted by molar-refractivity contribution is 0.288. The van der Waals surface area contributed by atoms with E-state index in [9.17, 15) is 0 Å². The van der Waals surface area contributed by atoms with Crippen LogP contribution in [0.1, 0.15) is 45.0 Å². The molecular formula is C17H23ClN4O2S. The monoisotopic (exact) mass is 382 g/mol. The van der Waals surface area contributed by atoms with Crippen molar-refractivity contribution in [1.29, 1.82) is 0 Å². The standard InChI is InChI=1S/C17H23ClN4O2S/c1-6-23-14-9-12(8-13(18)15(14)24-7-2)10-19-22-16(11(3)4)20-21-17(22)25-5/h8-11H,6-7H2,1-5H3/b19-10-. The molecule has 25 heavy (non-hydrogen) atoms. The Hall–Kier alpha value is -1.73. The fourth-order valence-corrected chi connectivity index (χ4v) is 2.92. The molecule has 0 amide bonds. The van der Waals surface area contributed by atoms with Gasteiger partial charge in [-0.2, -0.15) is 9.78 Å². The maximum Gasteiger partial charge on any atom is 0.211 e. The van der Waals surface area contributed by atoms with Gasteiger partial charge in [0.25, 0.3) is 0 Å². The zero-order valence-corrected chi connectivity index (χ0v) is 16.7. The molecule has 0 atom stereocenters. The lowest BCUT2D eigenvalue weighted by atomic mass is 10.2. The minimum absolute atomic E-state index is 0.216. The summed E-state index contributed by atoms with van der Waals surface area (Å²) < 4.78 is 13.0. The molecule has 0 fully saturated rings. The number of hydrogen-bond acceptors (Lipinski definition) is 6. The van der Waals surface area contributed by atoms with E-state index in [1.807, 2.05) is 26.2 Å². The summed E-state index contributed by atoms with van der Waals surface area (Å²) in [6, 6.07) is 3.67. The van der Waals surface area contributed by atoms with Gasteiger partial charge in [-0.25, -0.2) is 0 Å². The number of thioether (sulfide) groups is 1. The number of nitrogens with zero attached hydrogens (tertiary/aromatic N) is 4. The van der Waals surface area contributed by atoms with E-state index >= 15 is 0 Å². The molecular weight excluding hydrogens is 360 g/mol. The summed E-state index contributed by atoms with van der Waals surface area (Å²) in [5.74, 6) is 2.19. The van der Waals surface area contributed by atoms with Crippen molar-refractivity contribution in [2.45, 2.75) is 38.8 Å². The molecule has 0 N–H and O–H groups in total. The molecule has 0 saturated carbocycles. The molecule has 2 aromatic rings. The Kier molecular flexibility index (Phi) is 7.13. The van der Waals surface area contributed by atoms with Gasteiger partial charge in [-0.3, -0.25) is 0 Å². The Labute approximate surface area is 157 Å². The Bertz CT molecular complexity index is 746. The van der Waals surface area contributed by atoms with Crippen LogP contribution in [0.4, 0.5) is 0 Å². The highest BCUT2D eigenvalue weighted by molar-refractivity contribution is 7.98. The van der Waals surface area contributed by atoms with Crippen LogP contribution >= 0.6 is 23.4 Å². The highest BCUT2D eigenvalue weighted by Crippen LogP contribution is 2.36. The maximum absolute atomic E-state index is 6.35. The zero-order chi connectivity index (χ0) is 18.4. The molecule has 0 aliphatic rings. The third-order valence-corrected chi connectivity index (χ3v) is 4.18. The largest absolute Gasteiger partial charge is 0.490 e. The van der Waals surface area contributed by atoms with Crippen molar-refractivity contribution in [1.82, 2.24) is 14.9 Å². The fraction of sp³-hybridized carbons (Fsp3) is 0.471. The summed E-state index contributed by atoms with van der Waals surface area (Å²) in [4.78, 5) is 0. The highest BCUT2D eigenvalue weighted by atomic mass is 35.5. The van der Waals surface area contributed by atoms with Gasteiger partial charge in [-0.05, 0) is 37.8 Å². The van der Waals surface area contributed by atoms with Gasteiger partial charge in [0.15, 0.2) is 17.3 Å². The quantitative estimate of drug-likeness (QED) is 0.498. The third-order valence-electron chi connectivity index (χ3n) is 3.28. The van der Waals surface area contributed by atoms with Crippen LogP contribution in [0.2, 0.25) is 5.02 Å². The predicted molar refractivity (Wildman–Crippen MR) is 103 cm³/mol. The van der Waals surface area contributed by atoms with Crippen molar-refractivity contribution < 1.29 is 9.47 Å². The normalized spacial score (nSPS) is 11.5. The van der Waals surface area contributed by atoms with Gasteiger partial charge in [-0.15, -0.1) is 10.2 Å². The summed E-state index contributed by atoms with van der Waals surface area (Å²) in [5, 5.41) is 14.1. The van der Waals surface area contributed by atoms with E-state index in [-0.39, 0.29) is 5.92 Å². The highest BCUT2D eigenvalue weighted by Gasteiger charge is 2.14. The smallest absolute Gasteiger partial charge is 0.211 e. The van der Waals surface area contributed by atoms with Crippen LogP contribution in [-0.2, 0) is 0 Å². The van der Waals surface area contributed by atoms with Crippen LogP contribution < -0.4 is 9.47 Å². The Morgan fingerprint density at radius 3 is 2.56 bits per heavy atom. The average molecular weight is 383 g/mol. The van der Waals surface area contributed by atoms with Crippen molar-refractivity contribution in [2.75, 3.05) is 19.5 Å². The second kappa shape index (κ2) is 9.10. The first-order valence-corrected chi connectivity index (χ1v) is 9.74. The molecule has 0 aliphatic heterocycles. The molecule has 0 radical (unpaired) electrons. The number of hydrogen-bond donors (Lipinski definition) is 0. The summed E-state index contributed by atoms with van der Waals surface area (Å²) in [7, 11) is 0. The van der Waals surface area contributed by atoms with Crippen molar-refractivity contribution >= 4 is 29.6 Å². The van der Waals surface area contributed by atoms with Crippen LogP contribution in [0.25, 0.3) is 0 Å². The van der Waals surface area contributed by atoms with Gasteiger partial charge in [0.1, 0.15) is 0 Å². The maximum atomic E-state index is 6.35. The summed E-state index contributed by atoms with van der Waals surface area (Å²) >= 11 is 7.84. The molecule has 0 unspecified atom stereocenters. The summed E-state index contributed by atoms with van der Waals surface area (Å²) in [6.07, 6.45) is 3.67. The van der Waals surface area contributed by atoms with Crippen molar-refractivity contribution in [3.05, 3.63) is 28.5 Å². The average Bonchev–Trinajstić information content (AvgIpc) is 2.99. The van der Waals surface area contributed by atoms with Crippen molar-refractivity contribution in [3.63, 3.8) is 0 Å². The lowest BCUT2D eigenvalue weighted by Crippen LogP contribution is -2.03. The van der Waals surface area contributed by atoms with Gasteiger partial charge >= 0.3 is 0 Å².